The number of hydrogen-bond donors (Lipinski definition) is 3. The van der Waals surface area contributed by atoms with Crippen LogP contribution >= 0.6 is 0 Å². The van der Waals surface area contributed by atoms with Gasteiger partial charge in [0.15, 0.2) is 0 Å². The van der Waals surface area contributed by atoms with Crippen LogP contribution in [0.5, 0.6) is 0 Å². The molecule has 12 nitrogen and oxygen atoms in total. The minimum atomic E-state index is -0.354. The van der Waals surface area contributed by atoms with Gasteiger partial charge in [-0.1, -0.05) is 88.4 Å². The van der Waals surface area contributed by atoms with Gasteiger partial charge in [0.25, 0.3) is 0 Å². The monoisotopic (exact) mass is 759 g/mol. The molecule has 302 valence electrons. The lowest BCUT2D eigenvalue weighted by atomic mass is 9.90. The van der Waals surface area contributed by atoms with E-state index in [1.165, 1.54) is 11.1 Å². The number of nitrogens with one attached hydrogen (secondary N) is 1. The van der Waals surface area contributed by atoms with Crippen molar-refractivity contribution in [3.8, 4) is 0 Å². The summed E-state index contributed by atoms with van der Waals surface area (Å²) in [5.41, 5.74) is 13.3. The van der Waals surface area contributed by atoms with Gasteiger partial charge >= 0.3 is 12.1 Å². The fraction of sp³-hybridized carbons (Fsp3) is 0.628. The van der Waals surface area contributed by atoms with Crippen LogP contribution in [0.1, 0.15) is 83.4 Å². The topological polar surface area (TPSA) is 149 Å². The first-order chi connectivity index (χ1) is 26.4. The third-order valence-corrected chi connectivity index (χ3v) is 12.3. The van der Waals surface area contributed by atoms with Crippen molar-refractivity contribution in [2.45, 2.75) is 84.3 Å². The molecule has 12 heteroatoms. The first-order valence-electron chi connectivity index (χ1n) is 20.6. The van der Waals surface area contributed by atoms with E-state index in [2.05, 4.69) is 108 Å². The molecule has 2 aromatic rings. The number of likely N-dealkylation sites (tertiary alicyclic amines) is 2. The van der Waals surface area contributed by atoms with Gasteiger partial charge in [0, 0.05) is 90.4 Å². The maximum absolute atomic E-state index is 13.4. The molecule has 4 heterocycles. The SMILES string of the molecule is CC(C)[C@H]1CN(C(c2ccccc2)c2ccccc2)CCN1C(=O)CC1CCN(C(N)=O)CC1.CC(C)[C@H]1CNCCN1C(=O)CC1CCN(C(N)=O)CC1. The molecule has 4 saturated heterocycles. The van der Waals surface area contributed by atoms with Crippen molar-refractivity contribution in [2.75, 3.05) is 65.4 Å². The number of amides is 6. The van der Waals surface area contributed by atoms with Gasteiger partial charge < -0.3 is 36.4 Å². The van der Waals surface area contributed by atoms with Crippen LogP contribution in [-0.4, -0.2) is 126 Å². The first kappa shape index (κ1) is 42.0. The van der Waals surface area contributed by atoms with Crippen LogP contribution in [0.15, 0.2) is 60.7 Å². The largest absolute Gasteiger partial charge is 0.351 e. The third kappa shape index (κ3) is 11.4. The molecular weight excluding hydrogens is 693 g/mol. The highest BCUT2D eigenvalue weighted by molar-refractivity contribution is 5.78. The molecule has 4 aliphatic heterocycles. The zero-order valence-corrected chi connectivity index (χ0v) is 33.7. The molecule has 0 spiro atoms. The Balaban J connectivity index is 0.000000237. The average molecular weight is 759 g/mol. The molecule has 0 bridgehead atoms. The van der Waals surface area contributed by atoms with E-state index in [4.69, 9.17) is 11.5 Å². The van der Waals surface area contributed by atoms with Gasteiger partial charge in [-0.3, -0.25) is 14.5 Å². The summed E-state index contributed by atoms with van der Waals surface area (Å²) in [6, 6.07) is 21.3. The van der Waals surface area contributed by atoms with E-state index in [1.807, 2.05) is 0 Å². The summed E-state index contributed by atoms with van der Waals surface area (Å²) >= 11 is 0. The van der Waals surface area contributed by atoms with Crippen LogP contribution in [-0.2, 0) is 9.59 Å². The summed E-state index contributed by atoms with van der Waals surface area (Å²) in [5.74, 6) is 2.08. The molecule has 55 heavy (non-hydrogen) atoms. The molecule has 0 aromatic heterocycles. The van der Waals surface area contributed by atoms with Crippen molar-refractivity contribution in [3.05, 3.63) is 71.8 Å². The summed E-state index contributed by atoms with van der Waals surface area (Å²) < 4.78 is 0. The Morgan fingerprint density at radius 1 is 0.618 bits per heavy atom. The Bertz CT molecular complexity index is 1490. The third-order valence-electron chi connectivity index (χ3n) is 12.3. The zero-order chi connectivity index (χ0) is 39.5. The normalized spacial score (nSPS) is 21.8. The Hall–Kier alpha value is -4.16. The van der Waals surface area contributed by atoms with E-state index in [0.717, 1.165) is 65.0 Å². The van der Waals surface area contributed by atoms with E-state index in [1.54, 1.807) is 9.80 Å². The maximum Gasteiger partial charge on any atom is 0.314 e. The van der Waals surface area contributed by atoms with Crippen molar-refractivity contribution < 1.29 is 19.2 Å². The standard InChI is InChI=1S/C28H38N4O2.C15H28N4O2/c1-21(2)25-20-31(27(23-9-5-3-6-10-23)24-11-7-4-8-12-24)17-18-32(25)26(33)19-22-13-15-30(16-14-22)28(29)34;1-11(2)13-10-17-5-8-19(13)14(20)9-12-3-6-18(7-4-12)15(16)21/h3-12,21-22,25,27H,13-20H2,1-2H3,(H2,29,34);11-13,17H,3-10H2,1-2H3,(H2,16,21)/t25-;13-/m11/s1. The van der Waals surface area contributed by atoms with Crippen molar-refractivity contribution in [1.82, 2.24) is 29.8 Å². The Morgan fingerprint density at radius 3 is 1.47 bits per heavy atom. The van der Waals surface area contributed by atoms with Gasteiger partial charge in [0.05, 0.1) is 6.04 Å². The lowest BCUT2D eigenvalue weighted by Crippen LogP contribution is -2.58. The van der Waals surface area contributed by atoms with Gasteiger partial charge in [-0.05, 0) is 60.5 Å². The van der Waals surface area contributed by atoms with Gasteiger partial charge in [0.1, 0.15) is 0 Å². The van der Waals surface area contributed by atoms with Crippen molar-refractivity contribution in [3.63, 3.8) is 0 Å². The molecule has 6 amide bonds. The van der Waals surface area contributed by atoms with Crippen LogP contribution in [0.4, 0.5) is 9.59 Å². The van der Waals surface area contributed by atoms with Gasteiger partial charge in [0.2, 0.25) is 11.8 Å². The lowest BCUT2D eigenvalue weighted by molar-refractivity contribution is -0.139. The molecule has 0 aliphatic carbocycles. The molecule has 0 saturated carbocycles. The number of carbonyl (C=O) groups is 4. The average Bonchev–Trinajstić information content (AvgIpc) is 3.19. The summed E-state index contributed by atoms with van der Waals surface area (Å²) in [6.45, 7) is 16.5. The number of primary amides is 2. The quantitative estimate of drug-likeness (QED) is 0.337. The van der Waals surface area contributed by atoms with E-state index < -0.39 is 0 Å². The van der Waals surface area contributed by atoms with Crippen molar-refractivity contribution >= 4 is 23.9 Å². The maximum atomic E-state index is 13.4. The van der Waals surface area contributed by atoms with E-state index >= 15 is 0 Å². The summed E-state index contributed by atoms with van der Waals surface area (Å²) in [6.07, 6.45) is 4.64. The molecule has 2 aromatic carbocycles. The number of piperazine rings is 2. The fourth-order valence-corrected chi connectivity index (χ4v) is 8.91. The van der Waals surface area contributed by atoms with Crippen LogP contribution in [0.25, 0.3) is 0 Å². The minimum absolute atomic E-state index is 0.180. The highest BCUT2D eigenvalue weighted by Crippen LogP contribution is 2.33. The van der Waals surface area contributed by atoms with E-state index in [9.17, 15) is 19.2 Å². The second kappa shape index (κ2) is 20.1. The Labute approximate surface area is 328 Å². The number of nitrogens with zero attached hydrogens (tertiary/aromatic N) is 5. The number of benzene rings is 2. The predicted molar refractivity (Wildman–Crippen MR) is 217 cm³/mol. The fourth-order valence-electron chi connectivity index (χ4n) is 8.91. The molecule has 0 radical (unpaired) electrons. The molecule has 2 atom stereocenters. The zero-order valence-electron chi connectivity index (χ0n) is 33.7. The molecule has 4 fully saturated rings. The van der Waals surface area contributed by atoms with Gasteiger partial charge in [-0.2, -0.15) is 0 Å². The van der Waals surface area contributed by atoms with Crippen LogP contribution in [0.2, 0.25) is 0 Å². The molecule has 6 rings (SSSR count). The number of rotatable bonds is 9. The molecule has 4 aliphatic rings. The minimum Gasteiger partial charge on any atom is -0.351 e. The van der Waals surface area contributed by atoms with Crippen LogP contribution in [0.3, 0.4) is 0 Å². The first-order valence-corrected chi connectivity index (χ1v) is 20.6. The van der Waals surface area contributed by atoms with Gasteiger partial charge in [-0.25, -0.2) is 9.59 Å². The number of carbonyl (C=O) groups excluding carboxylic acids is 4. The second-order valence-electron chi connectivity index (χ2n) is 16.7. The summed E-state index contributed by atoms with van der Waals surface area (Å²) in [4.78, 5) is 58.6. The van der Waals surface area contributed by atoms with Crippen molar-refractivity contribution in [2.24, 2.45) is 35.1 Å². The molecule has 5 N–H and O–H groups in total. The summed E-state index contributed by atoms with van der Waals surface area (Å²) in [7, 11) is 0. The molecular formula is C43H66N8O4. The van der Waals surface area contributed by atoms with E-state index in [0.29, 0.717) is 68.7 Å². The van der Waals surface area contributed by atoms with Crippen LogP contribution < -0.4 is 16.8 Å². The highest BCUT2D eigenvalue weighted by atomic mass is 16.2. The highest BCUT2D eigenvalue weighted by Gasteiger charge is 2.37. The summed E-state index contributed by atoms with van der Waals surface area (Å²) in [5, 5.41) is 3.37. The smallest absolute Gasteiger partial charge is 0.314 e. The lowest BCUT2D eigenvalue weighted by Gasteiger charge is -2.47. The van der Waals surface area contributed by atoms with E-state index in [-0.39, 0.29) is 36.0 Å². The Kier molecular flexibility index (Phi) is 15.4. The number of nitrogens with two attached hydrogens (primary N) is 2. The number of piperidine rings is 2. The van der Waals surface area contributed by atoms with Crippen LogP contribution in [0, 0.1) is 23.7 Å². The Morgan fingerprint density at radius 2 is 1.05 bits per heavy atom. The van der Waals surface area contributed by atoms with Crippen molar-refractivity contribution in [1.29, 1.82) is 0 Å². The predicted octanol–water partition coefficient (Wildman–Crippen LogP) is 4.75. The second-order valence-corrected chi connectivity index (χ2v) is 16.7. The molecule has 0 unspecified atom stereocenters. The number of hydrogen-bond acceptors (Lipinski definition) is 6. The van der Waals surface area contributed by atoms with Gasteiger partial charge in [-0.15, -0.1) is 0 Å². The number of urea groups is 2.